The molecule has 2 aromatic rings. The third-order valence-corrected chi connectivity index (χ3v) is 4.67. The van der Waals surface area contributed by atoms with Crippen LogP contribution in [0.3, 0.4) is 0 Å². The summed E-state index contributed by atoms with van der Waals surface area (Å²) in [6, 6.07) is 1.67. The number of aromatic nitrogens is 2. The molecule has 2 rings (SSSR count). The number of hydrogen-bond donors (Lipinski definition) is 0. The van der Waals surface area contributed by atoms with E-state index in [4.69, 9.17) is 34.8 Å². The maximum Gasteiger partial charge on any atom is 0.264 e. The molecular formula is C15H13BrCl3N3O. The summed E-state index contributed by atoms with van der Waals surface area (Å²) in [5, 5.41) is 0.717. The van der Waals surface area contributed by atoms with E-state index in [1.807, 2.05) is 13.8 Å². The molecule has 0 radical (unpaired) electrons. The number of anilines is 1. The molecule has 1 amide bonds. The highest BCUT2D eigenvalue weighted by Gasteiger charge is 2.26. The van der Waals surface area contributed by atoms with E-state index in [0.29, 0.717) is 28.8 Å². The highest BCUT2D eigenvalue weighted by atomic mass is 79.9. The SMILES string of the molecule is CCc1cnc(Cl)c(C(=O)N(CC)c2ncc(Br)cc2Cl)c1Cl. The quantitative estimate of drug-likeness (QED) is 0.600. The second-order valence-electron chi connectivity index (χ2n) is 4.63. The molecule has 0 spiro atoms. The molecule has 0 bridgehead atoms. The Hall–Kier alpha value is -0.880. The first-order valence-electron chi connectivity index (χ1n) is 6.86. The van der Waals surface area contributed by atoms with Crippen molar-refractivity contribution in [3.63, 3.8) is 0 Å². The minimum Gasteiger partial charge on any atom is -0.292 e. The van der Waals surface area contributed by atoms with E-state index >= 15 is 0 Å². The van der Waals surface area contributed by atoms with E-state index in [1.165, 1.54) is 4.90 Å². The van der Waals surface area contributed by atoms with Crippen LogP contribution in [-0.4, -0.2) is 22.4 Å². The van der Waals surface area contributed by atoms with Gasteiger partial charge in [-0.25, -0.2) is 9.97 Å². The second-order valence-corrected chi connectivity index (χ2v) is 6.68. The zero-order valence-corrected chi connectivity index (χ0v) is 16.3. The second kappa shape index (κ2) is 7.79. The van der Waals surface area contributed by atoms with E-state index in [9.17, 15) is 4.79 Å². The number of carbonyl (C=O) groups is 1. The molecule has 0 saturated heterocycles. The molecule has 23 heavy (non-hydrogen) atoms. The molecule has 0 unspecified atom stereocenters. The summed E-state index contributed by atoms with van der Waals surface area (Å²) in [6.45, 7) is 4.10. The molecule has 0 aliphatic carbocycles. The van der Waals surface area contributed by atoms with Gasteiger partial charge in [0.2, 0.25) is 0 Å². The van der Waals surface area contributed by atoms with Gasteiger partial charge in [-0.1, -0.05) is 41.7 Å². The van der Waals surface area contributed by atoms with Crippen LogP contribution < -0.4 is 4.90 Å². The summed E-state index contributed by atoms with van der Waals surface area (Å²) in [4.78, 5) is 22.6. The molecule has 0 aromatic carbocycles. The fourth-order valence-electron chi connectivity index (χ4n) is 2.07. The zero-order chi connectivity index (χ0) is 17.1. The van der Waals surface area contributed by atoms with Gasteiger partial charge in [-0.15, -0.1) is 0 Å². The smallest absolute Gasteiger partial charge is 0.264 e. The van der Waals surface area contributed by atoms with Crippen molar-refractivity contribution < 1.29 is 4.79 Å². The fraction of sp³-hybridized carbons (Fsp3) is 0.267. The van der Waals surface area contributed by atoms with Crippen molar-refractivity contribution in [1.29, 1.82) is 0 Å². The average Bonchev–Trinajstić information content (AvgIpc) is 2.50. The Morgan fingerprint density at radius 3 is 2.48 bits per heavy atom. The summed E-state index contributed by atoms with van der Waals surface area (Å²) in [6.07, 6.45) is 3.79. The van der Waals surface area contributed by atoms with Gasteiger partial charge in [0.15, 0.2) is 5.82 Å². The largest absolute Gasteiger partial charge is 0.292 e. The van der Waals surface area contributed by atoms with Crippen LogP contribution in [-0.2, 0) is 6.42 Å². The van der Waals surface area contributed by atoms with Crippen LogP contribution in [0.1, 0.15) is 29.8 Å². The van der Waals surface area contributed by atoms with E-state index in [1.54, 1.807) is 18.5 Å². The van der Waals surface area contributed by atoms with Crippen LogP contribution >= 0.6 is 50.7 Å². The minimum absolute atomic E-state index is 0.0592. The van der Waals surface area contributed by atoms with Gasteiger partial charge in [0, 0.05) is 23.4 Å². The number of carbonyl (C=O) groups excluding carboxylic acids is 1. The average molecular weight is 438 g/mol. The molecule has 0 fully saturated rings. The number of aryl methyl sites for hydroxylation is 1. The van der Waals surface area contributed by atoms with Gasteiger partial charge >= 0.3 is 0 Å². The lowest BCUT2D eigenvalue weighted by molar-refractivity contribution is 0.0987. The van der Waals surface area contributed by atoms with Crippen molar-refractivity contribution in [3.05, 3.63) is 49.3 Å². The topological polar surface area (TPSA) is 46.1 Å². The molecule has 2 aromatic heterocycles. The standard InChI is InChI=1S/C15H13BrCl3N3O/c1-3-8-6-20-13(19)11(12(8)18)15(23)22(4-2)14-10(17)5-9(16)7-21-14/h5-7H,3-4H2,1-2H3. The molecule has 8 heteroatoms. The van der Waals surface area contributed by atoms with Crippen molar-refractivity contribution in [2.45, 2.75) is 20.3 Å². The van der Waals surface area contributed by atoms with Crippen molar-refractivity contribution in [3.8, 4) is 0 Å². The van der Waals surface area contributed by atoms with E-state index in [2.05, 4.69) is 25.9 Å². The lowest BCUT2D eigenvalue weighted by atomic mass is 10.1. The number of pyridine rings is 2. The highest BCUT2D eigenvalue weighted by Crippen LogP contribution is 2.32. The third-order valence-electron chi connectivity index (χ3n) is 3.24. The van der Waals surface area contributed by atoms with Crippen LogP contribution in [0.2, 0.25) is 15.2 Å². The Bertz CT molecular complexity index is 755. The predicted octanol–water partition coefficient (Wildman–Crippen LogP) is 5.43. The molecule has 122 valence electrons. The van der Waals surface area contributed by atoms with Crippen LogP contribution in [0.5, 0.6) is 0 Å². The molecule has 4 nitrogen and oxygen atoms in total. The van der Waals surface area contributed by atoms with Crippen molar-refractivity contribution in [2.75, 3.05) is 11.4 Å². The van der Waals surface area contributed by atoms with E-state index in [0.717, 1.165) is 10.0 Å². The van der Waals surface area contributed by atoms with Gasteiger partial charge in [0.1, 0.15) is 5.15 Å². The minimum atomic E-state index is -0.387. The van der Waals surface area contributed by atoms with E-state index < -0.39 is 0 Å². The van der Waals surface area contributed by atoms with Gasteiger partial charge in [-0.2, -0.15) is 0 Å². The number of nitrogens with zero attached hydrogens (tertiary/aromatic N) is 3. The maximum atomic E-state index is 12.9. The monoisotopic (exact) mass is 435 g/mol. The first kappa shape index (κ1) is 18.5. The first-order valence-corrected chi connectivity index (χ1v) is 8.79. The van der Waals surface area contributed by atoms with Crippen molar-refractivity contribution in [2.24, 2.45) is 0 Å². The fourth-order valence-corrected chi connectivity index (χ4v) is 3.42. The van der Waals surface area contributed by atoms with Crippen LogP contribution in [0.4, 0.5) is 5.82 Å². The van der Waals surface area contributed by atoms with Gasteiger partial charge in [-0.3, -0.25) is 9.69 Å². The predicted molar refractivity (Wildman–Crippen MR) is 97.9 cm³/mol. The van der Waals surface area contributed by atoms with Crippen LogP contribution in [0.15, 0.2) is 22.9 Å². The molecule has 0 N–H and O–H groups in total. The van der Waals surface area contributed by atoms with Gasteiger partial charge in [0.05, 0.1) is 15.6 Å². The number of amides is 1. The molecular weight excluding hydrogens is 424 g/mol. The third kappa shape index (κ3) is 3.79. The molecule has 0 atom stereocenters. The molecule has 2 heterocycles. The Balaban J connectivity index is 2.53. The van der Waals surface area contributed by atoms with Crippen LogP contribution in [0, 0.1) is 0 Å². The molecule has 0 saturated carbocycles. The van der Waals surface area contributed by atoms with Gasteiger partial charge < -0.3 is 0 Å². The summed E-state index contributed by atoms with van der Waals surface area (Å²) >= 11 is 21.9. The summed E-state index contributed by atoms with van der Waals surface area (Å²) in [5.41, 5.74) is 0.917. The normalized spacial score (nSPS) is 10.7. The number of hydrogen-bond acceptors (Lipinski definition) is 3. The Kier molecular flexibility index (Phi) is 6.26. The first-order chi connectivity index (χ1) is 10.9. The maximum absolute atomic E-state index is 12.9. The number of halogens is 4. The summed E-state index contributed by atoms with van der Waals surface area (Å²) < 4.78 is 0.723. The van der Waals surface area contributed by atoms with Crippen LogP contribution in [0.25, 0.3) is 0 Å². The Morgan fingerprint density at radius 1 is 1.22 bits per heavy atom. The number of rotatable bonds is 4. The Labute approximate surface area is 157 Å². The Morgan fingerprint density at radius 2 is 1.91 bits per heavy atom. The molecule has 0 aliphatic rings. The highest BCUT2D eigenvalue weighted by molar-refractivity contribution is 9.10. The summed E-state index contributed by atoms with van der Waals surface area (Å²) in [7, 11) is 0. The van der Waals surface area contributed by atoms with Gasteiger partial charge in [0.25, 0.3) is 5.91 Å². The van der Waals surface area contributed by atoms with Crippen molar-refractivity contribution in [1.82, 2.24) is 9.97 Å². The zero-order valence-electron chi connectivity index (χ0n) is 12.4. The van der Waals surface area contributed by atoms with Gasteiger partial charge in [-0.05, 0) is 40.9 Å². The molecule has 0 aliphatic heterocycles. The van der Waals surface area contributed by atoms with Crippen molar-refractivity contribution >= 4 is 62.5 Å². The summed E-state index contributed by atoms with van der Waals surface area (Å²) in [5.74, 6) is -0.0431. The lowest BCUT2D eigenvalue weighted by Gasteiger charge is -2.22. The lowest BCUT2D eigenvalue weighted by Crippen LogP contribution is -2.32. The van der Waals surface area contributed by atoms with E-state index in [-0.39, 0.29) is 16.6 Å².